The summed E-state index contributed by atoms with van der Waals surface area (Å²) in [6.45, 7) is 0.0955. The Morgan fingerprint density at radius 2 is 0.833 bits per heavy atom. The van der Waals surface area contributed by atoms with Crippen LogP contribution < -0.4 is 17.1 Å². The molecule has 102 valence electrons. The van der Waals surface area contributed by atoms with E-state index in [-0.39, 0.29) is 37.3 Å². The van der Waals surface area contributed by atoms with Crippen molar-refractivity contribution in [2.24, 2.45) is 0 Å². The lowest BCUT2D eigenvalue weighted by molar-refractivity contribution is 0.475. The van der Waals surface area contributed by atoms with Gasteiger partial charge in [-0.3, -0.25) is 0 Å². The van der Waals surface area contributed by atoms with Gasteiger partial charge in [-0.1, -0.05) is 0 Å². The van der Waals surface area contributed by atoms with E-state index < -0.39 is 17.1 Å². The second kappa shape index (κ2) is 7.01. The molecule has 0 spiro atoms. The summed E-state index contributed by atoms with van der Waals surface area (Å²) in [6, 6.07) is 0. The zero-order chi connectivity index (χ0) is 13.7. The SMILES string of the molecule is O=c1n(CCCl)c(=O)n(CCCl)c(=O)n1CCCl. The van der Waals surface area contributed by atoms with Crippen molar-refractivity contribution in [3.05, 3.63) is 31.5 Å². The van der Waals surface area contributed by atoms with Gasteiger partial charge in [0.05, 0.1) is 0 Å². The number of hydrogen-bond donors (Lipinski definition) is 0. The lowest BCUT2D eigenvalue weighted by atomic mass is 10.6. The Labute approximate surface area is 117 Å². The van der Waals surface area contributed by atoms with Crippen molar-refractivity contribution in [3.8, 4) is 0 Å². The Bertz CT molecular complexity index is 464. The molecule has 0 aliphatic heterocycles. The minimum absolute atomic E-state index is 0.0318. The van der Waals surface area contributed by atoms with Gasteiger partial charge < -0.3 is 0 Å². The summed E-state index contributed by atoms with van der Waals surface area (Å²) in [5, 5.41) is 0. The normalized spacial score (nSPS) is 10.8. The highest BCUT2D eigenvalue weighted by atomic mass is 35.5. The molecule has 0 aromatic carbocycles. The minimum Gasteiger partial charge on any atom is -0.247 e. The van der Waals surface area contributed by atoms with Gasteiger partial charge >= 0.3 is 17.1 Å². The van der Waals surface area contributed by atoms with Gasteiger partial charge in [0.1, 0.15) is 0 Å². The van der Waals surface area contributed by atoms with Crippen LogP contribution in [0.3, 0.4) is 0 Å². The van der Waals surface area contributed by atoms with Crippen LogP contribution in [0.25, 0.3) is 0 Å². The van der Waals surface area contributed by atoms with E-state index in [2.05, 4.69) is 0 Å². The van der Waals surface area contributed by atoms with E-state index in [1.54, 1.807) is 0 Å². The molecule has 0 aliphatic carbocycles. The lowest BCUT2D eigenvalue weighted by Gasteiger charge is -2.11. The molecule has 0 radical (unpaired) electrons. The maximum atomic E-state index is 11.9. The number of hydrogen-bond acceptors (Lipinski definition) is 3. The molecule has 0 bridgehead atoms. The third kappa shape index (κ3) is 2.99. The van der Waals surface area contributed by atoms with Crippen molar-refractivity contribution in [1.29, 1.82) is 0 Å². The molecule has 18 heavy (non-hydrogen) atoms. The first kappa shape index (κ1) is 15.3. The monoisotopic (exact) mass is 315 g/mol. The van der Waals surface area contributed by atoms with Gasteiger partial charge in [0.25, 0.3) is 0 Å². The summed E-state index contributed by atoms with van der Waals surface area (Å²) in [5.41, 5.74) is -2.09. The maximum absolute atomic E-state index is 11.9. The Balaban J connectivity index is 3.59. The second-order valence-electron chi connectivity index (χ2n) is 3.37. The van der Waals surface area contributed by atoms with Crippen LogP contribution in [0.2, 0.25) is 0 Å². The predicted octanol–water partition coefficient (Wildman–Crippen LogP) is -0.112. The molecule has 1 aromatic rings. The number of nitrogens with zero attached hydrogens (tertiary/aromatic N) is 3. The molecule has 0 aliphatic rings. The Morgan fingerprint density at radius 3 is 1.00 bits per heavy atom. The van der Waals surface area contributed by atoms with Crippen LogP contribution in [-0.4, -0.2) is 31.3 Å². The Kier molecular flexibility index (Phi) is 5.98. The first-order chi connectivity index (χ1) is 8.58. The van der Waals surface area contributed by atoms with Crippen molar-refractivity contribution in [1.82, 2.24) is 13.7 Å². The van der Waals surface area contributed by atoms with Gasteiger partial charge in [-0.25, -0.2) is 28.1 Å². The van der Waals surface area contributed by atoms with E-state index in [1.807, 2.05) is 0 Å². The van der Waals surface area contributed by atoms with Crippen LogP contribution >= 0.6 is 34.8 Å². The largest absolute Gasteiger partial charge is 0.336 e. The van der Waals surface area contributed by atoms with E-state index in [0.29, 0.717) is 0 Å². The molecule has 0 amide bonds. The minimum atomic E-state index is -0.697. The fourth-order valence-electron chi connectivity index (χ4n) is 1.51. The van der Waals surface area contributed by atoms with E-state index in [4.69, 9.17) is 34.8 Å². The van der Waals surface area contributed by atoms with Gasteiger partial charge in [-0.05, 0) is 0 Å². The molecule has 0 saturated heterocycles. The molecule has 0 N–H and O–H groups in total. The summed E-state index contributed by atoms with van der Waals surface area (Å²) >= 11 is 16.6. The van der Waals surface area contributed by atoms with Crippen LogP contribution in [0.15, 0.2) is 14.4 Å². The van der Waals surface area contributed by atoms with Crippen LogP contribution in [0, 0.1) is 0 Å². The standard InChI is InChI=1S/C9H12Cl3N3O3/c10-1-4-13-7(16)14(5-2-11)9(18)15(6-3-12)8(13)17/h1-6H2. The van der Waals surface area contributed by atoms with Gasteiger partial charge in [0.2, 0.25) is 0 Å². The molecule has 1 rings (SSSR count). The van der Waals surface area contributed by atoms with E-state index in [1.165, 1.54) is 0 Å². The second-order valence-corrected chi connectivity index (χ2v) is 4.50. The highest BCUT2D eigenvalue weighted by Gasteiger charge is 2.14. The molecule has 1 heterocycles. The van der Waals surface area contributed by atoms with Gasteiger partial charge in [-0.2, -0.15) is 0 Å². The predicted molar refractivity (Wildman–Crippen MR) is 71.4 cm³/mol. The van der Waals surface area contributed by atoms with Crippen molar-refractivity contribution in [3.63, 3.8) is 0 Å². The van der Waals surface area contributed by atoms with E-state index >= 15 is 0 Å². The molecular weight excluding hydrogens is 304 g/mol. The molecule has 0 fully saturated rings. The average Bonchev–Trinajstić information content (AvgIpc) is 2.35. The third-order valence-corrected chi connectivity index (χ3v) is 2.82. The molecule has 0 saturated carbocycles. The summed E-state index contributed by atoms with van der Waals surface area (Å²) in [5.74, 6) is 0.277. The topological polar surface area (TPSA) is 66.0 Å². The molecule has 0 atom stereocenters. The summed E-state index contributed by atoms with van der Waals surface area (Å²) in [7, 11) is 0. The number of alkyl halides is 3. The van der Waals surface area contributed by atoms with Gasteiger partial charge in [0, 0.05) is 37.3 Å². The maximum Gasteiger partial charge on any atom is 0.336 e. The zero-order valence-electron chi connectivity index (χ0n) is 9.44. The molecule has 6 nitrogen and oxygen atoms in total. The van der Waals surface area contributed by atoms with Crippen molar-refractivity contribution in [2.75, 3.05) is 17.6 Å². The van der Waals surface area contributed by atoms with Crippen LogP contribution in [-0.2, 0) is 19.6 Å². The van der Waals surface area contributed by atoms with Crippen molar-refractivity contribution >= 4 is 34.8 Å². The summed E-state index contributed by atoms with van der Waals surface area (Å²) in [4.78, 5) is 35.7. The quantitative estimate of drug-likeness (QED) is 0.688. The lowest BCUT2D eigenvalue weighted by Crippen LogP contribution is -2.55. The molecule has 0 unspecified atom stereocenters. The number of rotatable bonds is 6. The fourth-order valence-corrected chi connectivity index (χ4v) is 2.02. The fraction of sp³-hybridized carbons (Fsp3) is 0.667. The van der Waals surface area contributed by atoms with Gasteiger partial charge in [-0.15, -0.1) is 34.8 Å². The summed E-state index contributed by atoms with van der Waals surface area (Å²) < 4.78 is 2.73. The molecule has 1 aromatic heterocycles. The highest BCUT2D eigenvalue weighted by Crippen LogP contribution is 1.83. The zero-order valence-corrected chi connectivity index (χ0v) is 11.7. The first-order valence-electron chi connectivity index (χ1n) is 5.20. The van der Waals surface area contributed by atoms with Crippen LogP contribution in [0.5, 0.6) is 0 Å². The van der Waals surface area contributed by atoms with Gasteiger partial charge in [0.15, 0.2) is 0 Å². The highest BCUT2D eigenvalue weighted by molar-refractivity contribution is 6.18. The number of aromatic nitrogens is 3. The molecule has 9 heteroatoms. The Hall–Kier alpha value is -0.720. The summed E-state index contributed by atoms with van der Waals surface area (Å²) in [6.07, 6.45) is 0. The third-order valence-electron chi connectivity index (χ3n) is 2.31. The van der Waals surface area contributed by atoms with Crippen LogP contribution in [0.4, 0.5) is 0 Å². The molecular formula is C9H12Cl3N3O3. The number of halogens is 3. The van der Waals surface area contributed by atoms with E-state index in [9.17, 15) is 14.4 Å². The first-order valence-corrected chi connectivity index (χ1v) is 6.81. The Morgan fingerprint density at radius 1 is 0.611 bits per heavy atom. The van der Waals surface area contributed by atoms with Crippen molar-refractivity contribution < 1.29 is 0 Å². The van der Waals surface area contributed by atoms with Crippen molar-refractivity contribution in [2.45, 2.75) is 19.6 Å². The van der Waals surface area contributed by atoms with E-state index in [0.717, 1.165) is 13.7 Å². The van der Waals surface area contributed by atoms with Crippen LogP contribution in [0.1, 0.15) is 0 Å². The smallest absolute Gasteiger partial charge is 0.247 e. The average molecular weight is 317 g/mol.